The number of carbonyl (C=O) groups excluding carboxylic acids is 2. The van der Waals surface area contributed by atoms with Crippen LogP contribution in [0.1, 0.15) is 63.4 Å². The summed E-state index contributed by atoms with van der Waals surface area (Å²) in [5.74, 6) is -0.612. The number of amides is 2. The summed E-state index contributed by atoms with van der Waals surface area (Å²) in [6, 6.07) is 4.60. The maximum atomic E-state index is 14.2. The molecule has 9 heteroatoms. The first-order valence-corrected chi connectivity index (χ1v) is 13.3. The number of carbonyl (C=O) groups is 2. The number of ether oxygens (including phenoxy) is 1. The number of hydrogen-bond acceptors (Lipinski definition) is 5. The number of piperidine rings is 1. The van der Waals surface area contributed by atoms with Crippen LogP contribution in [0.25, 0.3) is 0 Å². The zero-order valence-electron chi connectivity index (χ0n) is 18.6. The van der Waals surface area contributed by atoms with Crippen molar-refractivity contribution >= 4 is 21.8 Å². The van der Waals surface area contributed by atoms with Gasteiger partial charge in [-0.15, -0.1) is 0 Å². The van der Waals surface area contributed by atoms with E-state index in [9.17, 15) is 22.4 Å². The van der Waals surface area contributed by atoms with Gasteiger partial charge in [0.25, 0.3) is 0 Å². The van der Waals surface area contributed by atoms with Crippen molar-refractivity contribution in [2.75, 3.05) is 12.4 Å². The molecule has 1 aliphatic heterocycles. The summed E-state index contributed by atoms with van der Waals surface area (Å²) < 4.78 is 48.0. The smallest absolute Gasteiger partial charge is 0.229 e. The number of imide groups is 1. The Labute approximate surface area is 194 Å². The molecule has 2 aliphatic carbocycles. The lowest BCUT2D eigenvalue weighted by Gasteiger charge is -2.25. The minimum atomic E-state index is -3.55. The molecule has 2 saturated carbocycles. The molecule has 33 heavy (non-hydrogen) atoms. The fourth-order valence-electron chi connectivity index (χ4n) is 4.27. The Morgan fingerprint density at radius 3 is 2.64 bits per heavy atom. The van der Waals surface area contributed by atoms with Crippen LogP contribution in [0.5, 0.6) is 5.75 Å². The minimum Gasteiger partial charge on any atom is -0.490 e. The highest BCUT2D eigenvalue weighted by molar-refractivity contribution is 7.89. The summed E-state index contributed by atoms with van der Waals surface area (Å²) in [6.07, 6.45) is 9.92. The van der Waals surface area contributed by atoms with Gasteiger partial charge in [0.1, 0.15) is 0 Å². The van der Waals surface area contributed by atoms with Gasteiger partial charge in [0.2, 0.25) is 21.8 Å². The van der Waals surface area contributed by atoms with Gasteiger partial charge < -0.3 is 4.74 Å². The van der Waals surface area contributed by atoms with E-state index < -0.39 is 21.4 Å². The number of nitrogens with one attached hydrogen (secondary N) is 2. The molecule has 2 amide bonds. The molecule has 180 valence electrons. The second-order valence-electron chi connectivity index (χ2n) is 9.40. The van der Waals surface area contributed by atoms with Crippen LogP contribution in [-0.4, -0.2) is 32.6 Å². The van der Waals surface area contributed by atoms with Gasteiger partial charge in [-0.1, -0.05) is 24.6 Å². The Morgan fingerprint density at radius 1 is 1.18 bits per heavy atom. The van der Waals surface area contributed by atoms with Gasteiger partial charge in [-0.2, -0.15) is 0 Å². The van der Waals surface area contributed by atoms with E-state index in [0.717, 1.165) is 18.4 Å². The minimum absolute atomic E-state index is 0.0766. The molecule has 1 heterocycles. The van der Waals surface area contributed by atoms with Crippen LogP contribution in [0.4, 0.5) is 4.39 Å². The number of sulfonamides is 1. The second kappa shape index (κ2) is 9.93. The van der Waals surface area contributed by atoms with E-state index in [-0.39, 0.29) is 29.2 Å². The SMILES string of the molecule is O=C1CCC(C/C=C/CCS(=O)(=O)NC2(c3ccc(F)c(OCC4CCC4)c3)CC2)C(=O)N1. The van der Waals surface area contributed by atoms with E-state index in [0.29, 0.717) is 51.0 Å². The van der Waals surface area contributed by atoms with E-state index in [1.54, 1.807) is 24.3 Å². The van der Waals surface area contributed by atoms with Gasteiger partial charge in [-0.3, -0.25) is 14.9 Å². The lowest BCUT2D eigenvalue weighted by Crippen LogP contribution is -2.40. The third kappa shape index (κ3) is 6.20. The van der Waals surface area contributed by atoms with Gasteiger partial charge in [-0.05, 0) is 68.6 Å². The molecule has 0 bridgehead atoms. The Morgan fingerprint density at radius 2 is 1.97 bits per heavy atom. The molecule has 3 aliphatic rings. The van der Waals surface area contributed by atoms with E-state index in [1.807, 2.05) is 0 Å². The first-order chi connectivity index (χ1) is 15.8. The zero-order chi connectivity index (χ0) is 23.5. The number of hydrogen-bond donors (Lipinski definition) is 2. The van der Waals surface area contributed by atoms with Gasteiger partial charge in [-0.25, -0.2) is 17.5 Å². The molecule has 1 unspecified atom stereocenters. The standard InChI is InChI=1S/C24H31FN2O5S/c25-20-10-9-19(15-21(20)32-16-17-5-4-6-17)24(12-13-24)27-33(30,31)14-3-1-2-7-18-8-11-22(28)26-23(18)29/h1-2,9-10,15,17-18,27H,3-8,11-14,16H2,(H,26,28,29)/b2-1+. The summed E-state index contributed by atoms with van der Waals surface area (Å²) in [6.45, 7) is 0.490. The Kier molecular flexibility index (Phi) is 7.19. The van der Waals surface area contributed by atoms with Crippen LogP contribution in [0.15, 0.2) is 30.4 Å². The number of benzene rings is 1. The van der Waals surface area contributed by atoms with Crippen molar-refractivity contribution in [3.05, 3.63) is 41.7 Å². The maximum absolute atomic E-state index is 14.2. The van der Waals surface area contributed by atoms with Crippen molar-refractivity contribution in [3.63, 3.8) is 0 Å². The molecule has 1 aromatic rings. The van der Waals surface area contributed by atoms with Crippen molar-refractivity contribution in [1.29, 1.82) is 0 Å². The fraction of sp³-hybridized carbons (Fsp3) is 0.583. The Bertz CT molecular complexity index is 1030. The predicted molar refractivity (Wildman–Crippen MR) is 121 cm³/mol. The van der Waals surface area contributed by atoms with Crippen LogP contribution < -0.4 is 14.8 Å². The molecular formula is C24H31FN2O5S. The normalized spacial score (nSPS) is 22.8. The molecule has 1 atom stereocenters. The van der Waals surface area contributed by atoms with E-state index in [1.165, 1.54) is 12.5 Å². The van der Waals surface area contributed by atoms with E-state index in [4.69, 9.17) is 4.74 Å². The van der Waals surface area contributed by atoms with Crippen LogP contribution in [-0.2, 0) is 25.2 Å². The maximum Gasteiger partial charge on any atom is 0.229 e. The topological polar surface area (TPSA) is 102 Å². The molecule has 4 rings (SSSR count). The van der Waals surface area contributed by atoms with Crippen LogP contribution in [0.2, 0.25) is 0 Å². The highest BCUT2D eigenvalue weighted by atomic mass is 32.2. The average Bonchev–Trinajstić information content (AvgIpc) is 3.49. The third-order valence-electron chi connectivity index (χ3n) is 6.78. The van der Waals surface area contributed by atoms with Gasteiger partial charge in [0.05, 0.1) is 17.9 Å². The first kappa shape index (κ1) is 23.9. The van der Waals surface area contributed by atoms with Crippen molar-refractivity contribution in [2.45, 2.75) is 63.3 Å². The highest BCUT2D eigenvalue weighted by Crippen LogP contribution is 2.47. The quantitative estimate of drug-likeness (QED) is 0.375. The predicted octanol–water partition coefficient (Wildman–Crippen LogP) is 3.30. The largest absolute Gasteiger partial charge is 0.490 e. The number of rotatable bonds is 11. The summed E-state index contributed by atoms with van der Waals surface area (Å²) in [5.41, 5.74) is 0.0295. The van der Waals surface area contributed by atoms with E-state index >= 15 is 0 Å². The van der Waals surface area contributed by atoms with Crippen molar-refractivity contribution in [1.82, 2.24) is 10.0 Å². The number of halogens is 1. The Hall–Kier alpha value is -2.26. The molecule has 0 radical (unpaired) electrons. The number of allylic oxidation sites excluding steroid dienone is 2. The van der Waals surface area contributed by atoms with E-state index in [2.05, 4.69) is 10.0 Å². The summed E-state index contributed by atoms with van der Waals surface area (Å²) in [5, 5.41) is 2.32. The van der Waals surface area contributed by atoms with Crippen molar-refractivity contribution in [2.24, 2.45) is 11.8 Å². The van der Waals surface area contributed by atoms with Crippen molar-refractivity contribution in [3.8, 4) is 5.75 Å². The van der Waals surface area contributed by atoms with Crippen LogP contribution in [0, 0.1) is 17.7 Å². The fourth-order valence-corrected chi connectivity index (χ4v) is 5.73. The van der Waals surface area contributed by atoms with Gasteiger partial charge in [0.15, 0.2) is 11.6 Å². The summed E-state index contributed by atoms with van der Waals surface area (Å²) >= 11 is 0. The monoisotopic (exact) mass is 478 g/mol. The first-order valence-electron chi connectivity index (χ1n) is 11.7. The summed E-state index contributed by atoms with van der Waals surface area (Å²) in [7, 11) is -3.55. The third-order valence-corrected chi connectivity index (χ3v) is 8.25. The van der Waals surface area contributed by atoms with Crippen LogP contribution in [0.3, 0.4) is 0 Å². The molecule has 1 saturated heterocycles. The molecule has 7 nitrogen and oxygen atoms in total. The molecule has 0 spiro atoms. The molecule has 3 fully saturated rings. The Balaban J connectivity index is 1.28. The zero-order valence-corrected chi connectivity index (χ0v) is 19.5. The molecule has 1 aromatic carbocycles. The molecule has 2 N–H and O–H groups in total. The van der Waals surface area contributed by atoms with Crippen LogP contribution >= 0.6 is 0 Å². The molecular weight excluding hydrogens is 447 g/mol. The second-order valence-corrected chi connectivity index (χ2v) is 11.2. The van der Waals surface area contributed by atoms with Gasteiger partial charge >= 0.3 is 0 Å². The van der Waals surface area contributed by atoms with Crippen molar-refractivity contribution < 1.29 is 27.1 Å². The van der Waals surface area contributed by atoms with Gasteiger partial charge in [0, 0.05) is 12.3 Å². The lowest BCUT2D eigenvalue weighted by atomic mass is 9.86. The molecule has 0 aromatic heterocycles. The lowest BCUT2D eigenvalue weighted by molar-refractivity contribution is -0.136. The highest BCUT2D eigenvalue weighted by Gasteiger charge is 2.47. The average molecular weight is 479 g/mol. The summed E-state index contributed by atoms with van der Waals surface area (Å²) in [4.78, 5) is 22.9.